The second kappa shape index (κ2) is 10.7. The molecule has 0 radical (unpaired) electrons. The van der Waals surface area contributed by atoms with Gasteiger partial charge in [0, 0.05) is 0 Å². The predicted molar refractivity (Wildman–Crippen MR) is 107 cm³/mol. The molecule has 1 heterocycles. The molecule has 4 atom stereocenters. The average molecular weight is 420 g/mol. The summed E-state index contributed by atoms with van der Waals surface area (Å²) in [6.45, 7) is 2.79. The van der Waals surface area contributed by atoms with Crippen molar-refractivity contribution >= 4 is 0 Å². The lowest BCUT2D eigenvalue weighted by molar-refractivity contribution is -0.361. The molecule has 0 amide bonds. The summed E-state index contributed by atoms with van der Waals surface area (Å²) in [5, 5.41) is 9.67. The Morgan fingerprint density at radius 3 is 1.93 bits per heavy atom. The van der Waals surface area contributed by atoms with Crippen molar-refractivity contribution in [1.29, 1.82) is 0 Å². The lowest BCUT2D eigenvalue weighted by Gasteiger charge is -2.45. The molecule has 1 saturated heterocycles. The summed E-state index contributed by atoms with van der Waals surface area (Å²) in [7, 11) is 0. The first-order valence-corrected chi connectivity index (χ1v) is 9.74. The largest absolute Gasteiger partial charge is 0.394 e. The summed E-state index contributed by atoms with van der Waals surface area (Å²) in [6, 6.07) is 17.9. The van der Waals surface area contributed by atoms with Crippen molar-refractivity contribution in [3.63, 3.8) is 0 Å². The molecule has 0 spiro atoms. The van der Waals surface area contributed by atoms with E-state index < -0.39 is 37.1 Å². The quantitative estimate of drug-likeness (QED) is 0.594. The van der Waals surface area contributed by atoms with E-state index in [9.17, 15) is 5.11 Å². The van der Waals surface area contributed by atoms with Gasteiger partial charge < -0.3 is 24.1 Å². The topological polar surface area (TPSA) is 57.2 Å². The van der Waals surface area contributed by atoms with E-state index in [1.807, 2.05) is 12.1 Å². The number of halogens is 2. The van der Waals surface area contributed by atoms with E-state index in [0.717, 1.165) is 11.1 Å². The smallest absolute Gasteiger partial charge is 0.306 e. The number of aliphatic hydroxyl groups is 1. The normalized spacial score (nSPS) is 25.7. The van der Waals surface area contributed by atoms with Crippen LogP contribution < -0.4 is 0 Å². The van der Waals surface area contributed by atoms with Crippen LogP contribution in [0.2, 0.25) is 0 Å². The lowest BCUT2D eigenvalue weighted by atomic mass is 9.97. The van der Waals surface area contributed by atoms with E-state index in [2.05, 4.69) is 6.58 Å². The monoisotopic (exact) mass is 420 g/mol. The van der Waals surface area contributed by atoms with Crippen molar-refractivity contribution in [1.82, 2.24) is 0 Å². The fraction of sp³-hybridized carbons (Fsp3) is 0.391. The van der Waals surface area contributed by atoms with Gasteiger partial charge in [-0.3, -0.25) is 0 Å². The Kier molecular flexibility index (Phi) is 8.07. The molecule has 0 unspecified atom stereocenters. The lowest BCUT2D eigenvalue weighted by Crippen LogP contribution is -2.64. The molecule has 0 aliphatic carbocycles. The Hall–Kier alpha value is -2.16. The first-order chi connectivity index (χ1) is 14.6. The maximum absolute atomic E-state index is 15.5. The van der Waals surface area contributed by atoms with Gasteiger partial charge in [0.05, 0.1) is 26.4 Å². The van der Waals surface area contributed by atoms with Gasteiger partial charge in [-0.15, -0.1) is 6.58 Å². The van der Waals surface area contributed by atoms with Gasteiger partial charge in [-0.05, 0) is 11.1 Å². The molecule has 0 saturated carbocycles. The number of ether oxygens (including phenoxy) is 4. The van der Waals surface area contributed by atoms with Crippen LogP contribution in [0.1, 0.15) is 11.1 Å². The molecule has 3 rings (SSSR count). The first kappa shape index (κ1) is 22.5. The number of aliphatic hydroxyl groups excluding tert-OH is 1. The van der Waals surface area contributed by atoms with Crippen LogP contribution in [0.4, 0.5) is 8.78 Å². The van der Waals surface area contributed by atoms with Crippen molar-refractivity contribution < 1.29 is 32.8 Å². The van der Waals surface area contributed by atoms with Gasteiger partial charge >= 0.3 is 5.92 Å². The zero-order valence-electron chi connectivity index (χ0n) is 16.5. The van der Waals surface area contributed by atoms with E-state index in [0.29, 0.717) is 0 Å². The summed E-state index contributed by atoms with van der Waals surface area (Å²) in [5.74, 6) is -3.47. The molecular formula is C23H26F2O5. The highest BCUT2D eigenvalue weighted by Gasteiger charge is 2.60. The highest BCUT2D eigenvalue weighted by Crippen LogP contribution is 2.39. The molecular weight excluding hydrogens is 394 g/mol. The molecule has 1 aliphatic rings. The van der Waals surface area contributed by atoms with Crippen molar-refractivity contribution in [3.8, 4) is 0 Å². The van der Waals surface area contributed by atoms with Gasteiger partial charge in [0.2, 0.25) is 0 Å². The van der Waals surface area contributed by atoms with Gasteiger partial charge in [0.1, 0.15) is 6.10 Å². The third-order valence-corrected chi connectivity index (χ3v) is 4.76. The first-order valence-electron chi connectivity index (χ1n) is 9.74. The molecule has 1 aliphatic heterocycles. The average Bonchev–Trinajstić information content (AvgIpc) is 2.77. The molecule has 2 aromatic carbocycles. The second-order valence-electron chi connectivity index (χ2n) is 6.96. The molecule has 1 N–H and O–H groups in total. The molecule has 5 nitrogen and oxygen atoms in total. The minimum Gasteiger partial charge on any atom is -0.394 e. The van der Waals surface area contributed by atoms with Crippen LogP contribution in [0, 0.1) is 0 Å². The van der Waals surface area contributed by atoms with Gasteiger partial charge in [-0.25, -0.2) is 8.78 Å². The van der Waals surface area contributed by atoms with Crippen LogP contribution in [-0.4, -0.2) is 48.8 Å². The Morgan fingerprint density at radius 2 is 1.43 bits per heavy atom. The zero-order chi connectivity index (χ0) is 21.4. The molecule has 162 valence electrons. The minimum atomic E-state index is -3.47. The second-order valence-corrected chi connectivity index (χ2v) is 6.96. The number of benzene rings is 2. The van der Waals surface area contributed by atoms with Crippen LogP contribution in [-0.2, 0) is 32.2 Å². The fourth-order valence-corrected chi connectivity index (χ4v) is 3.26. The van der Waals surface area contributed by atoms with E-state index >= 15 is 8.78 Å². The van der Waals surface area contributed by atoms with E-state index in [1.54, 1.807) is 48.5 Å². The summed E-state index contributed by atoms with van der Waals surface area (Å²) >= 11 is 0. The van der Waals surface area contributed by atoms with E-state index in [1.165, 1.54) is 6.08 Å². The highest BCUT2D eigenvalue weighted by atomic mass is 19.3. The summed E-state index contributed by atoms with van der Waals surface area (Å²) in [6.07, 6.45) is -4.64. The third kappa shape index (κ3) is 5.50. The highest BCUT2D eigenvalue weighted by molar-refractivity contribution is 5.15. The molecule has 7 heteroatoms. The van der Waals surface area contributed by atoms with E-state index in [4.69, 9.17) is 18.9 Å². The molecule has 30 heavy (non-hydrogen) atoms. The molecule has 2 aromatic rings. The number of hydrogen-bond acceptors (Lipinski definition) is 5. The van der Waals surface area contributed by atoms with Crippen molar-refractivity contribution in [2.45, 2.75) is 43.7 Å². The van der Waals surface area contributed by atoms with Gasteiger partial charge in [-0.1, -0.05) is 66.7 Å². The minimum absolute atomic E-state index is 0.000366. The van der Waals surface area contributed by atoms with Gasteiger partial charge in [0.25, 0.3) is 0 Å². The van der Waals surface area contributed by atoms with Crippen LogP contribution >= 0.6 is 0 Å². The Bertz CT molecular complexity index is 772. The van der Waals surface area contributed by atoms with Crippen molar-refractivity contribution in [2.24, 2.45) is 0 Å². The van der Waals surface area contributed by atoms with Crippen LogP contribution in [0.25, 0.3) is 0 Å². The molecule has 1 fully saturated rings. The Morgan fingerprint density at radius 1 is 0.900 bits per heavy atom. The fourth-order valence-electron chi connectivity index (χ4n) is 3.26. The third-order valence-electron chi connectivity index (χ3n) is 4.76. The van der Waals surface area contributed by atoms with E-state index in [-0.39, 0.29) is 19.8 Å². The van der Waals surface area contributed by atoms with Crippen molar-refractivity contribution in [2.75, 3.05) is 13.2 Å². The Labute approximate surface area is 174 Å². The zero-order valence-corrected chi connectivity index (χ0v) is 16.5. The van der Waals surface area contributed by atoms with Crippen LogP contribution in [0.15, 0.2) is 73.3 Å². The number of alkyl halides is 2. The standard InChI is InChI=1S/C23H26F2O5/c1-2-13-27-22-21(29-16-18-11-7-4-8-12-18)23(24,25)20(19(14-26)30-22)28-15-17-9-5-3-6-10-17/h2-12,19-22,26H,1,13-16H2/t19-,20-,21+,22-/m1/s1. The Balaban J connectivity index is 1.78. The summed E-state index contributed by atoms with van der Waals surface area (Å²) < 4.78 is 53.1. The van der Waals surface area contributed by atoms with Crippen LogP contribution in [0.5, 0.6) is 0 Å². The number of rotatable bonds is 10. The number of hydrogen-bond donors (Lipinski definition) is 1. The van der Waals surface area contributed by atoms with Gasteiger partial charge in [0.15, 0.2) is 18.5 Å². The SMILES string of the molecule is C=CCO[C@@H]1O[C@H](CO)[C@@H](OCc2ccccc2)C(F)(F)[C@H]1OCc1ccccc1. The molecule has 0 aromatic heterocycles. The summed E-state index contributed by atoms with van der Waals surface area (Å²) in [4.78, 5) is 0. The summed E-state index contributed by atoms with van der Waals surface area (Å²) in [5.41, 5.74) is 1.47. The van der Waals surface area contributed by atoms with Crippen molar-refractivity contribution in [3.05, 3.63) is 84.4 Å². The van der Waals surface area contributed by atoms with Gasteiger partial charge in [-0.2, -0.15) is 0 Å². The predicted octanol–water partition coefficient (Wildman–Crippen LogP) is 3.71. The maximum atomic E-state index is 15.5. The molecule has 0 bridgehead atoms. The maximum Gasteiger partial charge on any atom is 0.306 e. The van der Waals surface area contributed by atoms with Crippen LogP contribution in [0.3, 0.4) is 0 Å².